The summed E-state index contributed by atoms with van der Waals surface area (Å²) < 4.78 is 86.9. The molecule has 0 fully saturated rings. The summed E-state index contributed by atoms with van der Waals surface area (Å²) in [7, 11) is -4.27. The second kappa shape index (κ2) is 9.18. The van der Waals surface area contributed by atoms with E-state index >= 15 is 0 Å². The Hall–Kier alpha value is -3.93. The Balaban J connectivity index is 1.79. The number of benzene rings is 2. The lowest BCUT2D eigenvalue weighted by molar-refractivity contribution is -0.137. The van der Waals surface area contributed by atoms with Gasteiger partial charge in [0.2, 0.25) is 0 Å². The van der Waals surface area contributed by atoms with E-state index in [-0.39, 0.29) is 16.1 Å². The van der Waals surface area contributed by atoms with E-state index in [1.54, 1.807) is 26.8 Å². The first kappa shape index (κ1) is 26.1. The number of fused-ring (bicyclic) bond motifs is 1. The Morgan fingerprint density at radius 2 is 1.65 bits per heavy atom. The van der Waals surface area contributed by atoms with Crippen LogP contribution in [0.25, 0.3) is 27.9 Å². The number of hydrogen-bond donors (Lipinski definition) is 1. The van der Waals surface area contributed by atoms with Crippen molar-refractivity contribution in [3.63, 3.8) is 0 Å². The number of pyridine rings is 1. The molecule has 1 N–H and O–H groups in total. The van der Waals surface area contributed by atoms with Crippen LogP contribution >= 0.6 is 0 Å². The Kier molecular flexibility index (Phi) is 6.49. The van der Waals surface area contributed by atoms with E-state index in [1.165, 1.54) is 48.5 Å². The average Bonchev–Trinajstić information content (AvgIpc) is 3.16. The van der Waals surface area contributed by atoms with Crippen molar-refractivity contribution < 1.29 is 35.5 Å². The minimum Gasteiger partial charge on any atom is -0.443 e. The van der Waals surface area contributed by atoms with Crippen molar-refractivity contribution in [2.45, 2.75) is 37.4 Å². The molecule has 0 aliphatic heterocycles. The molecule has 0 bridgehead atoms. The maximum atomic E-state index is 14.0. The van der Waals surface area contributed by atoms with Gasteiger partial charge in [0, 0.05) is 17.3 Å². The van der Waals surface area contributed by atoms with Crippen molar-refractivity contribution in [1.29, 1.82) is 0 Å². The van der Waals surface area contributed by atoms with Gasteiger partial charge < -0.3 is 4.74 Å². The van der Waals surface area contributed by atoms with Crippen LogP contribution in [0.15, 0.2) is 71.8 Å². The molecule has 12 heteroatoms. The molecule has 2 aromatic heterocycles. The monoisotopic (exact) mass is 535 g/mol. The van der Waals surface area contributed by atoms with Gasteiger partial charge >= 0.3 is 12.3 Å². The fourth-order valence-corrected chi connectivity index (χ4v) is 4.48. The second-order valence-corrected chi connectivity index (χ2v) is 10.8. The molecular formula is C25H21F4N3O4S. The third kappa shape index (κ3) is 5.74. The molecule has 0 aliphatic carbocycles. The maximum absolute atomic E-state index is 14.0. The van der Waals surface area contributed by atoms with Crippen LogP contribution in [0, 0.1) is 5.82 Å². The van der Waals surface area contributed by atoms with Crippen molar-refractivity contribution >= 4 is 21.6 Å². The van der Waals surface area contributed by atoms with E-state index in [0.29, 0.717) is 16.7 Å². The summed E-state index contributed by atoms with van der Waals surface area (Å²) in [6, 6.07) is 12.8. The normalized spacial score (nSPS) is 12.5. The highest BCUT2D eigenvalue weighted by atomic mass is 32.2. The van der Waals surface area contributed by atoms with Crippen LogP contribution in [0.3, 0.4) is 0 Å². The highest BCUT2D eigenvalue weighted by Crippen LogP contribution is 2.37. The summed E-state index contributed by atoms with van der Waals surface area (Å²) in [6.07, 6.45) is -4.92. The molecule has 2 aromatic carbocycles. The molecule has 194 valence electrons. The number of aromatic nitrogens is 2. The molecule has 4 aromatic rings. The summed E-state index contributed by atoms with van der Waals surface area (Å²) in [5.41, 5.74) is -0.263. The van der Waals surface area contributed by atoms with Gasteiger partial charge in [0.25, 0.3) is 10.0 Å². The fourth-order valence-electron chi connectivity index (χ4n) is 3.61. The zero-order valence-corrected chi connectivity index (χ0v) is 20.6. The van der Waals surface area contributed by atoms with Crippen molar-refractivity contribution in [1.82, 2.24) is 14.3 Å². The van der Waals surface area contributed by atoms with Crippen LogP contribution in [0.4, 0.5) is 22.4 Å². The van der Waals surface area contributed by atoms with Crippen molar-refractivity contribution in [3.05, 3.63) is 78.2 Å². The largest absolute Gasteiger partial charge is 0.443 e. The molecule has 0 spiro atoms. The molecular weight excluding hydrogens is 514 g/mol. The van der Waals surface area contributed by atoms with Crippen LogP contribution in [0.2, 0.25) is 0 Å². The minimum absolute atomic E-state index is 0.196. The van der Waals surface area contributed by atoms with Gasteiger partial charge in [-0.1, -0.05) is 24.3 Å². The number of hydrogen-bond acceptors (Lipinski definition) is 5. The summed E-state index contributed by atoms with van der Waals surface area (Å²) in [4.78, 5) is 11.7. The highest BCUT2D eigenvalue weighted by Gasteiger charge is 2.31. The summed E-state index contributed by atoms with van der Waals surface area (Å²) in [5.74, 6) is -0.564. The number of carbonyl (C=O) groups is 1. The van der Waals surface area contributed by atoms with Gasteiger partial charge in [-0.25, -0.2) is 26.8 Å². The van der Waals surface area contributed by atoms with Crippen molar-refractivity contribution in [3.8, 4) is 22.4 Å². The van der Waals surface area contributed by atoms with E-state index in [0.717, 1.165) is 16.8 Å². The Labute approximate surface area is 209 Å². The summed E-state index contributed by atoms with van der Waals surface area (Å²) in [5, 5.41) is 4.28. The van der Waals surface area contributed by atoms with Crippen molar-refractivity contribution in [2.24, 2.45) is 0 Å². The lowest BCUT2D eigenvalue weighted by atomic mass is 9.99. The van der Waals surface area contributed by atoms with E-state index in [4.69, 9.17) is 4.74 Å². The smallest absolute Gasteiger partial charge is 0.421 e. The van der Waals surface area contributed by atoms with Gasteiger partial charge in [0.05, 0.1) is 16.0 Å². The lowest BCUT2D eigenvalue weighted by Crippen LogP contribution is -2.36. The lowest BCUT2D eigenvalue weighted by Gasteiger charge is -2.19. The number of amides is 1. The molecule has 0 aliphatic rings. The molecule has 0 radical (unpaired) electrons. The number of ether oxygens (including phenoxy) is 1. The van der Waals surface area contributed by atoms with Gasteiger partial charge in [-0.2, -0.15) is 18.3 Å². The zero-order valence-electron chi connectivity index (χ0n) is 19.8. The van der Waals surface area contributed by atoms with Crippen LogP contribution in [-0.4, -0.2) is 29.7 Å². The predicted molar refractivity (Wildman–Crippen MR) is 128 cm³/mol. The average molecular weight is 536 g/mol. The molecule has 1 amide bonds. The number of sulfonamides is 1. The molecule has 37 heavy (non-hydrogen) atoms. The number of carbonyl (C=O) groups excluding carboxylic acids is 1. The van der Waals surface area contributed by atoms with Crippen LogP contribution in [-0.2, 0) is 20.9 Å². The Morgan fingerprint density at radius 1 is 0.973 bits per heavy atom. The highest BCUT2D eigenvalue weighted by molar-refractivity contribution is 7.90. The van der Waals surface area contributed by atoms with Crippen molar-refractivity contribution in [2.75, 3.05) is 0 Å². The van der Waals surface area contributed by atoms with Gasteiger partial charge in [-0.3, -0.25) is 0 Å². The second-order valence-electron chi connectivity index (χ2n) is 9.11. The van der Waals surface area contributed by atoms with E-state index in [2.05, 4.69) is 5.10 Å². The van der Waals surface area contributed by atoms with Gasteiger partial charge in [0.1, 0.15) is 17.1 Å². The summed E-state index contributed by atoms with van der Waals surface area (Å²) in [6.45, 7) is 4.74. The quantitative estimate of drug-likeness (QED) is 0.322. The molecule has 2 heterocycles. The van der Waals surface area contributed by atoms with E-state index in [9.17, 15) is 30.8 Å². The fraction of sp³-hybridized carbons (Fsp3) is 0.200. The number of nitrogens with zero attached hydrogens (tertiary/aromatic N) is 2. The van der Waals surface area contributed by atoms with E-state index in [1.807, 2.05) is 4.72 Å². The molecule has 0 saturated heterocycles. The van der Waals surface area contributed by atoms with Crippen LogP contribution in [0.5, 0.6) is 0 Å². The Morgan fingerprint density at radius 3 is 2.24 bits per heavy atom. The molecule has 4 rings (SSSR count). The van der Waals surface area contributed by atoms with Crippen LogP contribution in [0.1, 0.15) is 26.3 Å². The third-order valence-electron chi connectivity index (χ3n) is 5.12. The maximum Gasteiger partial charge on any atom is 0.421 e. The minimum atomic E-state index is -4.60. The molecule has 0 atom stereocenters. The first-order chi connectivity index (χ1) is 17.1. The zero-order chi connectivity index (χ0) is 27.2. The summed E-state index contributed by atoms with van der Waals surface area (Å²) >= 11 is 0. The number of nitrogens with one attached hydrogen (secondary N) is 1. The Bertz CT molecular complexity index is 1590. The van der Waals surface area contributed by atoms with Gasteiger partial charge in [0.15, 0.2) is 0 Å². The third-order valence-corrected chi connectivity index (χ3v) is 6.45. The molecule has 0 unspecified atom stereocenters. The van der Waals surface area contributed by atoms with Gasteiger partial charge in [-0.15, -0.1) is 0 Å². The molecule has 0 saturated carbocycles. The molecule has 7 nitrogen and oxygen atoms in total. The van der Waals surface area contributed by atoms with E-state index < -0.39 is 39.3 Å². The first-order valence-electron chi connectivity index (χ1n) is 10.9. The number of halogens is 4. The number of rotatable bonds is 4. The predicted octanol–water partition coefficient (Wildman–Crippen LogP) is 6.04. The standard InChI is InChI=1S/C25H21F4N3O4S/c1-24(2,3)36-23(33)31-37(34,35)19-10-7-15(8-11-19)21-20-12-9-17(25(27,28)29)14-32(20)30-22(21)16-5-4-6-18(26)13-16/h4-14H,1-3H3,(H,31,33). The SMILES string of the molecule is CC(C)(C)OC(=O)NS(=O)(=O)c1ccc(-c2c(-c3cccc(F)c3)nn3cc(C(F)(F)F)ccc23)cc1. The number of alkyl halides is 3. The topological polar surface area (TPSA) is 89.8 Å². The first-order valence-corrected chi connectivity index (χ1v) is 12.3. The van der Waals surface area contributed by atoms with Gasteiger partial charge in [-0.05, 0) is 62.7 Å². The van der Waals surface area contributed by atoms with Crippen LogP contribution < -0.4 is 4.72 Å².